The normalized spacial score (nSPS) is 20.6. The molecule has 2 N–H and O–H groups in total. The Bertz CT molecular complexity index is 1020. The third-order valence-electron chi connectivity index (χ3n) is 6.63. The molecule has 7 heteroatoms. The van der Waals surface area contributed by atoms with Crippen molar-refractivity contribution in [2.75, 3.05) is 13.1 Å². The lowest BCUT2D eigenvalue weighted by molar-refractivity contribution is -0.138. The standard InChI is InChI=1S/C25H29Cl2N3O2/c1-15-4-3-5-18(16(15)2)14-30(19-7-8-19)25(32)20-13-28-11-10-23(20)29-24(31)17-6-9-21(26)22(27)12-17/h3-6,9,12,19-20,23,28H,7-8,10-11,13-14H2,1-2H3,(H,29,31). The van der Waals surface area contributed by atoms with Crippen LogP contribution in [0.3, 0.4) is 0 Å². The van der Waals surface area contributed by atoms with E-state index in [1.165, 1.54) is 16.7 Å². The Balaban J connectivity index is 1.51. The first-order valence-electron chi connectivity index (χ1n) is 11.2. The van der Waals surface area contributed by atoms with Gasteiger partial charge in [-0.25, -0.2) is 0 Å². The van der Waals surface area contributed by atoms with Crippen molar-refractivity contribution in [3.8, 4) is 0 Å². The van der Waals surface area contributed by atoms with Crippen molar-refractivity contribution in [3.63, 3.8) is 0 Å². The molecule has 4 rings (SSSR count). The average molecular weight is 474 g/mol. The summed E-state index contributed by atoms with van der Waals surface area (Å²) in [4.78, 5) is 28.6. The van der Waals surface area contributed by atoms with Crippen LogP contribution in [0.2, 0.25) is 10.0 Å². The highest BCUT2D eigenvalue weighted by molar-refractivity contribution is 6.42. The van der Waals surface area contributed by atoms with Gasteiger partial charge >= 0.3 is 0 Å². The summed E-state index contributed by atoms with van der Waals surface area (Å²) in [5, 5.41) is 7.17. The summed E-state index contributed by atoms with van der Waals surface area (Å²) in [7, 11) is 0. The minimum absolute atomic E-state index is 0.111. The van der Waals surface area contributed by atoms with Crippen LogP contribution in [-0.4, -0.2) is 41.9 Å². The van der Waals surface area contributed by atoms with Gasteiger partial charge in [0.2, 0.25) is 5.91 Å². The molecule has 2 aromatic carbocycles. The largest absolute Gasteiger partial charge is 0.348 e. The van der Waals surface area contributed by atoms with Crippen molar-refractivity contribution >= 4 is 35.0 Å². The molecule has 2 unspecified atom stereocenters. The molecule has 1 aliphatic carbocycles. The number of hydrogen-bond donors (Lipinski definition) is 2. The molecule has 32 heavy (non-hydrogen) atoms. The van der Waals surface area contributed by atoms with Crippen molar-refractivity contribution in [2.45, 2.75) is 51.7 Å². The van der Waals surface area contributed by atoms with Crippen LogP contribution in [0.15, 0.2) is 36.4 Å². The highest BCUT2D eigenvalue weighted by Gasteiger charge is 2.40. The maximum Gasteiger partial charge on any atom is 0.251 e. The molecule has 0 bridgehead atoms. The number of hydrogen-bond acceptors (Lipinski definition) is 3. The summed E-state index contributed by atoms with van der Waals surface area (Å²) in [6.45, 7) is 6.14. The summed E-state index contributed by atoms with van der Waals surface area (Å²) in [6.07, 6.45) is 2.78. The van der Waals surface area contributed by atoms with Crippen molar-refractivity contribution in [2.24, 2.45) is 5.92 Å². The molecule has 1 aliphatic heterocycles. The zero-order chi connectivity index (χ0) is 22.8. The highest BCUT2D eigenvalue weighted by Crippen LogP contribution is 2.32. The molecule has 1 heterocycles. The van der Waals surface area contributed by atoms with Gasteiger partial charge < -0.3 is 15.5 Å². The van der Waals surface area contributed by atoms with E-state index in [1.54, 1.807) is 18.2 Å². The maximum absolute atomic E-state index is 13.7. The first kappa shape index (κ1) is 23.1. The van der Waals surface area contributed by atoms with Crippen molar-refractivity contribution in [3.05, 3.63) is 68.7 Å². The SMILES string of the molecule is Cc1cccc(CN(C(=O)C2CNCCC2NC(=O)c2ccc(Cl)c(Cl)c2)C2CC2)c1C. The number of amides is 2. The van der Waals surface area contributed by atoms with E-state index in [0.717, 1.165) is 19.4 Å². The third-order valence-corrected chi connectivity index (χ3v) is 7.36. The Morgan fingerprint density at radius 1 is 1.09 bits per heavy atom. The number of nitrogens with one attached hydrogen (secondary N) is 2. The summed E-state index contributed by atoms with van der Waals surface area (Å²) >= 11 is 12.1. The molecule has 0 radical (unpaired) electrons. The van der Waals surface area contributed by atoms with E-state index in [2.05, 4.69) is 42.7 Å². The van der Waals surface area contributed by atoms with Crippen LogP contribution >= 0.6 is 23.2 Å². The lowest BCUT2D eigenvalue weighted by atomic mass is 9.91. The zero-order valence-electron chi connectivity index (χ0n) is 18.5. The second-order valence-corrected chi connectivity index (χ2v) is 9.68. The van der Waals surface area contributed by atoms with Crippen LogP contribution in [0.4, 0.5) is 0 Å². The number of benzene rings is 2. The summed E-state index contributed by atoms with van der Waals surface area (Å²) in [6, 6.07) is 11.1. The quantitative estimate of drug-likeness (QED) is 0.648. The Morgan fingerprint density at radius 3 is 2.59 bits per heavy atom. The molecular weight excluding hydrogens is 445 g/mol. The van der Waals surface area contributed by atoms with Gasteiger partial charge in [0.25, 0.3) is 5.91 Å². The Morgan fingerprint density at radius 2 is 1.88 bits per heavy atom. The predicted octanol–water partition coefficient (Wildman–Crippen LogP) is 4.51. The minimum atomic E-state index is -0.304. The van der Waals surface area contributed by atoms with Crippen LogP contribution in [-0.2, 0) is 11.3 Å². The number of rotatable bonds is 6. The van der Waals surface area contributed by atoms with Gasteiger partial charge in [-0.05, 0) is 74.5 Å². The van der Waals surface area contributed by atoms with Gasteiger partial charge in [0, 0.05) is 30.7 Å². The molecule has 1 saturated heterocycles. The van der Waals surface area contributed by atoms with Gasteiger partial charge in [-0.3, -0.25) is 9.59 Å². The number of halogens is 2. The molecule has 2 amide bonds. The van der Waals surface area contributed by atoms with E-state index in [-0.39, 0.29) is 29.8 Å². The molecular formula is C25H29Cl2N3O2. The van der Waals surface area contributed by atoms with Crippen LogP contribution in [0, 0.1) is 19.8 Å². The van der Waals surface area contributed by atoms with Crippen LogP contribution in [0.25, 0.3) is 0 Å². The van der Waals surface area contributed by atoms with Crippen LogP contribution < -0.4 is 10.6 Å². The summed E-state index contributed by atoms with van der Waals surface area (Å²) < 4.78 is 0. The fourth-order valence-electron chi connectivity index (χ4n) is 4.33. The summed E-state index contributed by atoms with van der Waals surface area (Å²) in [5.41, 5.74) is 4.10. The Kier molecular flexibility index (Phi) is 7.08. The number of carbonyl (C=O) groups is 2. The van der Waals surface area contributed by atoms with E-state index in [4.69, 9.17) is 23.2 Å². The van der Waals surface area contributed by atoms with Gasteiger partial charge in [-0.15, -0.1) is 0 Å². The molecule has 2 atom stereocenters. The average Bonchev–Trinajstić information content (AvgIpc) is 3.62. The van der Waals surface area contributed by atoms with Gasteiger partial charge in [0.1, 0.15) is 0 Å². The molecule has 170 valence electrons. The number of carbonyl (C=O) groups excluding carboxylic acids is 2. The first-order chi connectivity index (χ1) is 15.3. The first-order valence-corrected chi connectivity index (χ1v) is 11.9. The van der Waals surface area contributed by atoms with Crippen LogP contribution in [0.1, 0.15) is 46.3 Å². The monoisotopic (exact) mass is 473 g/mol. The van der Waals surface area contributed by atoms with Crippen LogP contribution in [0.5, 0.6) is 0 Å². The molecule has 2 aromatic rings. The van der Waals surface area contributed by atoms with E-state index in [1.807, 2.05) is 4.90 Å². The molecule has 2 fully saturated rings. The minimum Gasteiger partial charge on any atom is -0.348 e. The van der Waals surface area contributed by atoms with E-state index < -0.39 is 0 Å². The molecule has 1 saturated carbocycles. The Labute approximate surface area is 199 Å². The van der Waals surface area contributed by atoms with Gasteiger partial charge in [-0.1, -0.05) is 41.4 Å². The van der Waals surface area contributed by atoms with Gasteiger partial charge in [0.05, 0.1) is 16.0 Å². The fourth-order valence-corrected chi connectivity index (χ4v) is 4.63. The smallest absolute Gasteiger partial charge is 0.251 e. The number of nitrogens with zero attached hydrogens (tertiary/aromatic N) is 1. The summed E-state index contributed by atoms with van der Waals surface area (Å²) in [5.74, 6) is -0.429. The number of piperidine rings is 1. The molecule has 5 nitrogen and oxygen atoms in total. The predicted molar refractivity (Wildman–Crippen MR) is 128 cm³/mol. The van der Waals surface area contributed by atoms with Gasteiger partial charge in [-0.2, -0.15) is 0 Å². The second kappa shape index (κ2) is 9.82. The van der Waals surface area contributed by atoms with Crippen molar-refractivity contribution < 1.29 is 9.59 Å². The Hall–Kier alpha value is -2.08. The second-order valence-electron chi connectivity index (χ2n) is 8.86. The molecule has 0 spiro atoms. The molecule has 0 aromatic heterocycles. The lowest BCUT2D eigenvalue weighted by Gasteiger charge is -2.36. The highest BCUT2D eigenvalue weighted by atomic mass is 35.5. The topological polar surface area (TPSA) is 61.4 Å². The van der Waals surface area contributed by atoms with E-state index >= 15 is 0 Å². The number of aryl methyl sites for hydroxylation is 1. The van der Waals surface area contributed by atoms with Crippen molar-refractivity contribution in [1.29, 1.82) is 0 Å². The zero-order valence-corrected chi connectivity index (χ0v) is 20.0. The van der Waals surface area contributed by atoms with Crippen molar-refractivity contribution in [1.82, 2.24) is 15.5 Å². The maximum atomic E-state index is 13.7. The van der Waals surface area contributed by atoms with E-state index in [9.17, 15) is 9.59 Å². The van der Waals surface area contributed by atoms with Gasteiger partial charge in [0.15, 0.2) is 0 Å². The third kappa shape index (κ3) is 5.11. The molecule has 2 aliphatic rings. The van der Waals surface area contributed by atoms with E-state index in [0.29, 0.717) is 35.1 Å². The lowest BCUT2D eigenvalue weighted by Crippen LogP contribution is -2.55. The fraction of sp³-hybridized carbons (Fsp3) is 0.440.